The van der Waals surface area contributed by atoms with Crippen molar-refractivity contribution < 1.29 is 9.18 Å². The van der Waals surface area contributed by atoms with E-state index in [1.54, 1.807) is 12.1 Å². The van der Waals surface area contributed by atoms with Gasteiger partial charge in [-0.05, 0) is 61.6 Å². The van der Waals surface area contributed by atoms with Crippen molar-refractivity contribution in [2.45, 2.75) is 90.4 Å². The van der Waals surface area contributed by atoms with Crippen LogP contribution in [0.5, 0.6) is 0 Å². The third-order valence-corrected chi connectivity index (χ3v) is 5.59. The first-order chi connectivity index (χ1) is 11.7. The smallest absolute Gasteiger partial charge is 0.165 e. The summed E-state index contributed by atoms with van der Waals surface area (Å²) < 4.78 is 14.3. The Balaban J connectivity index is 1.89. The fraction of sp³-hybridized carbons (Fsp3) is 0.682. The Morgan fingerprint density at radius 2 is 1.75 bits per heavy atom. The van der Waals surface area contributed by atoms with Crippen molar-refractivity contribution in [2.24, 2.45) is 5.92 Å². The van der Waals surface area contributed by atoms with E-state index in [-0.39, 0.29) is 17.2 Å². The summed E-state index contributed by atoms with van der Waals surface area (Å²) in [6.45, 7) is 4.30. The average molecular weight is 333 g/mol. The number of unbranched alkanes of at least 4 members (excludes halogenated alkanes) is 3. The van der Waals surface area contributed by atoms with Gasteiger partial charge in [0.1, 0.15) is 5.82 Å². The maximum atomic E-state index is 14.3. The molecular formula is C22H33FO. The molecule has 24 heavy (non-hydrogen) atoms. The summed E-state index contributed by atoms with van der Waals surface area (Å²) in [7, 11) is 0. The average Bonchev–Trinajstić information content (AvgIpc) is 2.60. The van der Waals surface area contributed by atoms with E-state index in [0.717, 1.165) is 24.3 Å². The van der Waals surface area contributed by atoms with Crippen molar-refractivity contribution >= 4 is 5.78 Å². The topological polar surface area (TPSA) is 17.1 Å². The molecule has 1 aliphatic rings. The van der Waals surface area contributed by atoms with Crippen LogP contribution in [0.3, 0.4) is 0 Å². The summed E-state index contributed by atoms with van der Waals surface area (Å²) in [4.78, 5) is 12.0. The molecule has 0 saturated heterocycles. The zero-order chi connectivity index (χ0) is 17.4. The van der Waals surface area contributed by atoms with Crippen LogP contribution in [0.15, 0.2) is 18.2 Å². The van der Waals surface area contributed by atoms with Gasteiger partial charge < -0.3 is 0 Å². The van der Waals surface area contributed by atoms with Crippen LogP contribution in [0.1, 0.15) is 106 Å². The van der Waals surface area contributed by atoms with Crippen LogP contribution in [0.4, 0.5) is 4.39 Å². The molecule has 2 rings (SSSR count). The highest BCUT2D eigenvalue weighted by Gasteiger charge is 2.23. The summed E-state index contributed by atoms with van der Waals surface area (Å²) >= 11 is 0. The van der Waals surface area contributed by atoms with E-state index < -0.39 is 0 Å². The molecular weight excluding hydrogens is 299 g/mol. The fourth-order valence-electron chi connectivity index (χ4n) is 3.95. The second-order valence-electron chi connectivity index (χ2n) is 7.48. The Morgan fingerprint density at radius 3 is 2.38 bits per heavy atom. The third kappa shape index (κ3) is 5.43. The van der Waals surface area contributed by atoms with Gasteiger partial charge in [0.25, 0.3) is 0 Å². The molecule has 1 aliphatic carbocycles. The van der Waals surface area contributed by atoms with Gasteiger partial charge in [-0.15, -0.1) is 0 Å². The Kier molecular flexibility index (Phi) is 7.94. The van der Waals surface area contributed by atoms with Crippen LogP contribution < -0.4 is 0 Å². The number of benzene rings is 1. The first-order valence-corrected chi connectivity index (χ1v) is 9.98. The van der Waals surface area contributed by atoms with Crippen LogP contribution in [0, 0.1) is 11.7 Å². The number of carbonyl (C=O) groups excluding carboxylic acids is 1. The highest BCUT2D eigenvalue weighted by atomic mass is 19.1. The minimum Gasteiger partial charge on any atom is -0.294 e. The Bertz CT molecular complexity index is 515. The van der Waals surface area contributed by atoms with Crippen molar-refractivity contribution in [3.05, 3.63) is 35.1 Å². The van der Waals surface area contributed by atoms with Crippen molar-refractivity contribution in [1.82, 2.24) is 0 Å². The highest BCUT2D eigenvalue weighted by molar-refractivity contribution is 5.96. The summed E-state index contributed by atoms with van der Waals surface area (Å²) in [6, 6.07) is 5.33. The number of hydrogen-bond donors (Lipinski definition) is 0. The molecule has 0 aliphatic heterocycles. The number of Topliss-reactive ketones (excluding diaryl/α,β-unsaturated/α-hetero) is 1. The summed E-state index contributed by atoms with van der Waals surface area (Å²) in [5, 5.41) is 0. The van der Waals surface area contributed by atoms with Gasteiger partial charge in [0.15, 0.2) is 5.78 Å². The largest absolute Gasteiger partial charge is 0.294 e. The van der Waals surface area contributed by atoms with E-state index in [4.69, 9.17) is 0 Å². The molecule has 1 aromatic rings. The Hall–Kier alpha value is -1.18. The molecule has 0 N–H and O–H groups in total. The van der Waals surface area contributed by atoms with Gasteiger partial charge >= 0.3 is 0 Å². The zero-order valence-electron chi connectivity index (χ0n) is 15.5. The van der Waals surface area contributed by atoms with Crippen molar-refractivity contribution in [3.63, 3.8) is 0 Å². The molecule has 2 heteroatoms. The molecule has 0 radical (unpaired) electrons. The monoisotopic (exact) mass is 332 g/mol. The predicted octanol–water partition coefficient (Wildman–Crippen LogP) is 7.05. The number of ketones is 1. The zero-order valence-corrected chi connectivity index (χ0v) is 15.5. The van der Waals surface area contributed by atoms with E-state index >= 15 is 0 Å². The van der Waals surface area contributed by atoms with E-state index in [2.05, 4.69) is 6.92 Å². The van der Waals surface area contributed by atoms with Gasteiger partial charge in [0.2, 0.25) is 0 Å². The lowest BCUT2D eigenvalue weighted by Crippen LogP contribution is -2.14. The number of hydrogen-bond acceptors (Lipinski definition) is 1. The molecule has 0 amide bonds. The molecule has 134 valence electrons. The van der Waals surface area contributed by atoms with Crippen molar-refractivity contribution in [2.75, 3.05) is 0 Å². The molecule has 0 aromatic heterocycles. The molecule has 0 atom stereocenters. The van der Waals surface area contributed by atoms with Gasteiger partial charge in [0.05, 0.1) is 5.56 Å². The lowest BCUT2D eigenvalue weighted by molar-refractivity contribution is 0.0976. The van der Waals surface area contributed by atoms with Gasteiger partial charge in [-0.2, -0.15) is 0 Å². The third-order valence-electron chi connectivity index (χ3n) is 5.59. The summed E-state index contributed by atoms with van der Waals surface area (Å²) in [6.07, 6.45) is 12.5. The number of rotatable bonds is 9. The van der Waals surface area contributed by atoms with Gasteiger partial charge in [-0.3, -0.25) is 4.79 Å². The van der Waals surface area contributed by atoms with Crippen LogP contribution in [0.2, 0.25) is 0 Å². The van der Waals surface area contributed by atoms with Crippen molar-refractivity contribution in [1.29, 1.82) is 0 Å². The maximum Gasteiger partial charge on any atom is 0.165 e. The fourth-order valence-corrected chi connectivity index (χ4v) is 3.95. The minimum absolute atomic E-state index is 0.0551. The van der Waals surface area contributed by atoms with Gasteiger partial charge in [-0.25, -0.2) is 4.39 Å². The lowest BCUT2D eigenvalue weighted by Gasteiger charge is -2.29. The lowest BCUT2D eigenvalue weighted by atomic mass is 9.77. The highest BCUT2D eigenvalue weighted by Crippen LogP contribution is 2.38. The molecule has 1 fully saturated rings. The molecule has 0 unspecified atom stereocenters. The molecule has 1 aromatic carbocycles. The second-order valence-corrected chi connectivity index (χ2v) is 7.48. The first-order valence-electron chi connectivity index (χ1n) is 9.98. The van der Waals surface area contributed by atoms with Gasteiger partial charge in [-0.1, -0.05) is 52.0 Å². The summed E-state index contributed by atoms with van der Waals surface area (Å²) in [5.74, 6) is 0.966. The Labute approximate surface area is 147 Å². The Morgan fingerprint density at radius 1 is 1.04 bits per heavy atom. The quantitative estimate of drug-likeness (QED) is 0.349. The molecule has 1 saturated carbocycles. The van der Waals surface area contributed by atoms with E-state index in [0.29, 0.717) is 12.3 Å². The molecule has 1 nitrogen and oxygen atoms in total. The van der Waals surface area contributed by atoms with E-state index in [1.165, 1.54) is 51.4 Å². The number of halogens is 1. The normalized spacial score (nSPS) is 21.0. The molecule has 0 spiro atoms. The predicted molar refractivity (Wildman–Crippen MR) is 99.1 cm³/mol. The number of carbonyl (C=O) groups is 1. The van der Waals surface area contributed by atoms with E-state index in [9.17, 15) is 9.18 Å². The van der Waals surface area contributed by atoms with Crippen LogP contribution >= 0.6 is 0 Å². The van der Waals surface area contributed by atoms with Crippen LogP contribution in [-0.2, 0) is 0 Å². The second kappa shape index (κ2) is 9.96. The molecule has 0 heterocycles. The van der Waals surface area contributed by atoms with Gasteiger partial charge in [0, 0.05) is 6.42 Å². The SMILES string of the molecule is CCCCCC1CCC(c2ccc(C(=O)CCCC)c(F)c2)CC1. The summed E-state index contributed by atoms with van der Waals surface area (Å²) in [5.41, 5.74) is 1.37. The maximum absolute atomic E-state index is 14.3. The van der Waals surface area contributed by atoms with E-state index in [1.807, 2.05) is 13.0 Å². The van der Waals surface area contributed by atoms with Crippen LogP contribution in [0.25, 0.3) is 0 Å². The first kappa shape index (κ1) is 19.1. The minimum atomic E-state index is -0.321. The van der Waals surface area contributed by atoms with Crippen molar-refractivity contribution in [3.8, 4) is 0 Å². The molecule has 0 bridgehead atoms. The van der Waals surface area contributed by atoms with Crippen LogP contribution in [-0.4, -0.2) is 5.78 Å². The standard InChI is InChI=1S/C22H33FO/c1-3-5-7-8-17-10-12-18(13-11-17)19-14-15-20(21(23)16-19)22(24)9-6-4-2/h14-18H,3-13H2,1-2H3.